The van der Waals surface area contributed by atoms with Gasteiger partial charge in [0.05, 0.1) is 19.4 Å². The summed E-state index contributed by atoms with van der Waals surface area (Å²) in [6.07, 6.45) is 1.60. The summed E-state index contributed by atoms with van der Waals surface area (Å²) in [5, 5.41) is 0. The van der Waals surface area contributed by atoms with Gasteiger partial charge in [-0.05, 0) is 68.3 Å². The molecule has 0 saturated carbocycles. The van der Waals surface area contributed by atoms with E-state index in [9.17, 15) is 4.79 Å². The van der Waals surface area contributed by atoms with Crippen LogP contribution in [0.25, 0.3) is 0 Å². The zero-order chi connectivity index (χ0) is 18.5. The van der Waals surface area contributed by atoms with E-state index >= 15 is 0 Å². The van der Waals surface area contributed by atoms with E-state index in [0.717, 1.165) is 17.1 Å². The third-order valence-corrected chi connectivity index (χ3v) is 4.26. The molecule has 2 heterocycles. The average Bonchev–Trinajstić information content (AvgIpc) is 3.27. The van der Waals surface area contributed by atoms with Crippen molar-refractivity contribution in [2.45, 2.75) is 33.9 Å². The van der Waals surface area contributed by atoms with Crippen molar-refractivity contribution < 1.29 is 18.4 Å². The molecular weight excluding hydrogens is 330 g/mol. The van der Waals surface area contributed by atoms with Gasteiger partial charge >= 0.3 is 0 Å². The number of carbonyl (C=O) groups excluding carboxylic acids is 1. The molecule has 0 unspecified atom stereocenters. The number of hydrogen-bond donors (Lipinski definition) is 0. The molecule has 0 aliphatic carbocycles. The molecule has 26 heavy (non-hydrogen) atoms. The van der Waals surface area contributed by atoms with E-state index in [1.807, 2.05) is 57.2 Å². The van der Waals surface area contributed by atoms with Crippen LogP contribution in [0.15, 0.2) is 57.6 Å². The SMILES string of the molecule is Cc1ccc(CN(Cc2ccco2)C(=O)COc2ccc(C)c(C)c2)o1. The molecule has 5 nitrogen and oxygen atoms in total. The van der Waals surface area contributed by atoms with Crippen molar-refractivity contribution >= 4 is 5.91 Å². The molecule has 0 fully saturated rings. The molecule has 3 aromatic rings. The minimum absolute atomic E-state index is 0.0388. The van der Waals surface area contributed by atoms with Crippen LogP contribution < -0.4 is 4.74 Å². The van der Waals surface area contributed by atoms with Crippen molar-refractivity contribution in [2.24, 2.45) is 0 Å². The Balaban J connectivity index is 1.67. The van der Waals surface area contributed by atoms with E-state index < -0.39 is 0 Å². The Labute approximate surface area is 153 Å². The molecule has 0 atom stereocenters. The monoisotopic (exact) mass is 353 g/mol. The van der Waals surface area contributed by atoms with Crippen molar-refractivity contribution in [2.75, 3.05) is 6.61 Å². The van der Waals surface area contributed by atoms with Gasteiger partial charge in [-0.25, -0.2) is 0 Å². The van der Waals surface area contributed by atoms with Gasteiger partial charge in [0.2, 0.25) is 0 Å². The minimum atomic E-state index is -0.131. The lowest BCUT2D eigenvalue weighted by Gasteiger charge is -2.21. The van der Waals surface area contributed by atoms with Gasteiger partial charge in [0.15, 0.2) is 6.61 Å². The molecule has 0 N–H and O–H groups in total. The number of ether oxygens (including phenoxy) is 1. The second-order valence-corrected chi connectivity index (χ2v) is 6.38. The topological polar surface area (TPSA) is 55.8 Å². The smallest absolute Gasteiger partial charge is 0.261 e. The normalized spacial score (nSPS) is 10.7. The maximum atomic E-state index is 12.7. The Kier molecular flexibility index (Phi) is 5.46. The molecule has 0 aliphatic heterocycles. The first-order chi connectivity index (χ1) is 12.5. The van der Waals surface area contributed by atoms with E-state index in [1.54, 1.807) is 17.2 Å². The zero-order valence-corrected chi connectivity index (χ0v) is 15.3. The summed E-state index contributed by atoms with van der Waals surface area (Å²) in [7, 11) is 0. The summed E-state index contributed by atoms with van der Waals surface area (Å²) in [6.45, 7) is 6.63. The van der Waals surface area contributed by atoms with Gasteiger partial charge in [-0.2, -0.15) is 0 Å². The van der Waals surface area contributed by atoms with E-state index in [0.29, 0.717) is 24.6 Å². The predicted octanol–water partition coefficient (Wildman–Crippen LogP) is 4.41. The predicted molar refractivity (Wildman–Crippen MR) is 97.8 cm³/mol. The van der Waals surface area contributed by atoms with Crippen LogP contribution in [0.1, 0.15) is 28.4 Å². The highest BCUT2D eigenvalue weighted by Crippen LogP contribution is 2.18. The largest absolute Gasteiger partial charge is 0.484 e. The fourth-order valence-electron chi connectivity index (χ4n) is 2.62. The summed E-state index contributed by atoms with van der Waals surface area (Å²) < 4.78 is 16.7. The minimum Gasteiger partial charge on any atom is -0.484 e. The quantitative estimate of drug-likeness (QED) is 0.631. The van der Waals surface area contributed by atoms with Gasteiger partial charge in [0.1, 0.15) is 23.0 Å². The number of hydrogen-bond acceptors (Lipinski definition) is 4. The van der Waals surface area contributed by atoms with Gasteiger partial charge in [-0.1, -0.05) is 6.07 Å². The molecule has 2 aromatic heterocycles. The van der Waals surface area contributed by atoms with Crippen molar-refractivity contribution in [1.82, 2.24) is 4.90 Å². The highest BCUT2D eigenvalue weighted by molar-refractivity contribution is 5.77. The molecule has 0 radical (unpaired) electrons. The molecule has 0 aliphatic rings. The van der Waals surface area contributed by atoms with Crippen molar-refractivity contribution in [3.8, 4) is 5.75 Å². The Bertz CT molecular complexity index is 864. The van der Waals surface area contributed by atoms with Crippen molar-refractivity contribution in [3.63, 3.8) is 0 Å². The van der Waals surface area contributed by atoms with Gasteiger partial charge in [-0.3, -0.25) is 4.79 Å². The lowest BCUT2D eigenvalue weighted by atomic mass is 10.1. The van der Waals surface area contributed by atoms with Gasteiger partial charge in [0, 0.05) is 0 Å². The van der Waals surface area contributed by atoms with Crippen LogP contribution in [-0.4, -0.2) is 17.4 Å². The molecule has 5 heteroatoms. The van der Waals surface area contributed by atoms with Gasteiger partial charge in [-0.15, -0.1) is 0 Å². The van der Waals surface area contributed by atoms with Gasteiger partial charge < -0.3 is 18.5 Å². The van der Waals surface area contributed by atoms with E-state index in [4.69, 9.17) is 13.6 Å². The molecule has 0 saturated heterocycles. The third-order valence-electron chi connectivity index (χ3n) is 4.26. The fourth-order valence-corrected chi connectivity index (χ4v) is 2.62. The number of furan rings is 2. The second-order valence-electron chi connectivity index (χ2n) is 6.38. The van der Waals surface area contributed by atoms with Crippen LogP contribution in [0.4, 0.5) is 0 Å². The van der Waals surface area contributed by atoms with Crippen LogP contribution in [-0.2, 0) is 17.9 Å². The van der Waals surface area contributed by atoms with Crippen LogP contribution >= 0.6 is 0 Å². The van der Waals surface area contributed by atoms with E-state index in [1.165, 1.54) is 5.56 Å². The highest BCUT2D eigenvalue weighted by Gasteiger charge is 2.18. The van der Waals surface area contributed by atoms with E-state index in [-0.39, 0.29) is 12.5 Å². The molecule has 3 rings (SSSR count). The third kappa shape index (κ3) is 4.57. The Morgan fingerprint density at radius 2 is 1.81 bits per heavy atom. The molecule has 0 bridgehead atoms. The average molecular weight is 353 g/mol. The molecular formula is C21H23NO4. The summed E-state index contributed by atoms with van der Waals surface area (Å²) in [5.74, 6) is 2.82. The highest BCUT2D eigenvalue weighted by atomic mass is 16.5. The van der Waals surface area contributed by atoms with Crippen LogP contribution in [0.5, 0.6) is 5.75 Å². The maximum Gasteiger partial charge on any atom is 0.261 e. The lowest BCUT2D eigenvalue weighted by Crippen LogP contribution is -2.33. The van der Waals surface area contributed by atoms with Crippen LogP contribution in [0, 0.1) is 20.8 Å². The van der Waals surface area contributed by atoms with Gasteiger partial charge in [0.25, 0.3) is 5.91 Å². The second kappa shape index (κ2) is 7.95. The number of carbonyl (C=O) groups is 1. The first-order valence-electron chi connectivity index (χ1n) is 8.57. The standard InChI is InChI=1S/C21H23NO4/c1-15-6-8-18(11-16(15)2)25-14-21(23)22(12-19-5-4-10-24-19)13-20-9-7-17(3)26-20/h4-11H,12-14H2,1-3H3. The van der Waals surface area contributed by atoms with Crippen molar-refractivity contribution in [3.05, 3.63) is 77.1 Å². The lowest BCUT2D eigenvalue weighted by molar-refractivity contribution is -0.135. The summed E-state index contributed by atoms with van der Waals surface area (Å²) in [4.78, 5) is 14.4. The summed E-state index contributed by atoms with van der Waals surface area (Å²) in [5.41, 5.74) is 2.32. The van der Waals surface area contributed by atoms with Crippen LogP contribution in [0.2, 0.25) is 0 Å². The molecule has 0 spiro atoms. The fraction of sp³-hybridized carbons (Fsp3) is 0.286. The number of nitrogens with zero attached hydrogens (tertiary/aromatic N) is 1. The molecule has 1 amide bonds. The van der Waals surface area contributed by atoms with Crippen molar-refractivity contribution in [1.29, 1.82) is 0 Å². The summed E-state index contributed by atoms with van der Waals surface area (Å²) in [6, 6.07) is 13.2. The summed E-state index contributed by atoms with van der Waals surface area (Å²) >= 11 is 0. The zero-order valence-electron chi connectivity index (χ0n) is 15.3. The number of aryl methyl sites for hydroxylation is 3. The number of amides is 1. The van der Waals surface area contributed by atoms with E-state index in [2.05, 4.69) is 0 Å². The molecule has 1 aromatic carbocycles. The first-order valence-corrected chi connectivity index (χ1v) is 8.57. The number of rotatable bonds is 7. The first kappa shape index (κ1) is 17.9. The molecule has 136 valence electrons. The number of benzene rings is 1. The Morgan fingerprint density at radius 3 is 2.46 bits per heavy atom. The Hall–Kier alpha value is -2.95. The Morgan fingerprint density at radius 1 is 1.00 bits per heavy atom. The maximum absolute atomic E-state index is 12.7. The van der Waals surface area contributed by atoms with Crippen LogP contribution in [0.3, 0.4) is 0 Å².